The number of rotatable bonds is 2. The maximum Gasteiger partial charge on any atom is 0.267 e. The van der Waals surface area contributed by atoms with E-state index in [1.165, 1.54) is 5.56 Å². The molecule has 1 aliphatic heterocycles. The number of aromatic amines is 1. The van der Waals surface area contributed by atoms with Crippen LogP contribution in [0.25, 0.3) is 10.9 Å². The van der Waals surface area contributed by atoms with Crippen LogP contribution in [-0.2, 0) is 5.41 Å². The summed E-state index contributed by atoms with van der Waals surface area (Å²) in [5.74, 6) is -0.0165. The minimum atomic E-state index is -0.0165. The van der Waals surface area contributed by atoms with Gasteiger partial charge in [0.15, 0.2) is 0 Å². The van der Waals surface area contributed by atoms with E-state index in [0.717, 1.165) is 30.4 Å². The van der Waals surface area contributed by atoms with Crippen molar-refractivity contribution in [2.45, 2.75) is 38.6 Å². The molecular formula is C17H23N3O. The number of amides is 1. The summed E-state index contributed by atoms with van der Waals surface area (Å²) < 4.78 is 0. The fourth-order valence-corrected chi connectivity index (χ4v) is 2.76. The fraction of sp³-hybridized carbons (Fsp3) is 0.471. The Labute approximate surface area is 125 Å². The van der Waals surface area contributed by atoms with Crippen molar-refractivity contribution >= 4 is 16.8 Å². The lowest BCUT2D eigenvalue weighted by Gasteiger charge is -2.18. The van der Waals surface area contributed by atoms with E-state index in [9.17, 15) is 4.79 Å². The molecular weight excluding hydrogens is 262 g/mol. The second-order valence-electron chi connectivity index (χ2n) is 6.90. The summed E-state index contributed by atoms with van der Waals surface area (Å²) in [6, 6.07) is 8.54. The minimum absolute atomic E-state index is 0.0165. The van der Waals surface area contributed by atoms with E-state index in [1.54, 1.807) is 0 Å². The van der Waals surface area contributed by atoms with E-state index >= 15 is 0 Å². The number of fused-ring (bicyclic) bond motifs is 1. The van der Waals surface area contributed by atoms with Crippen LogP contribution in [0.2, 0.25) is 0 Å². The van der Waals surface area contributed by atoms with E-state index in [0.29, 0.717) is 5.69 Å². The van der Waals surface area contributed by atoms with Gasteiger partial charge >= 0.3 is 0 Å². The average molecular weight is 285 g/mol. The Morgan fingerprint density at radius 2 is 2.10 bits per heavy atom. The van der Waals surface area contributed by atoms with Crippen LogP contribution < -0.4 is 10.6 Å². The van der Waals surface area contributed by atoms with Gasteiger partial charge in [0.2, 0.25) is 0 Å². The first-order valence-electron chi connectivity index (χ1n) is 7.58. The third kappa shape index (κ3) is 2.95. The zero-order chi connectivity index (χ0) is 15.0. The van der Waals surface area contributed by atoms with Crippen molar-refractivity contribution in [3.63, 3.8) is 0 Å². The van der Waals surface area contributed by atoms with Crippen molar-refractivity contribution in [3.05, 3.63) is 35.5 Å². The first-order valence-corrected chi connectivity index (χ1v) is 7.58. The molecule has 3 N–H and O–H groups in total. The molecule has 1 atom stereocenters. The molecule has 1 aliphatic rings. The lowest BCUT2D eigenvalue weighted by atomic mass is 9.87. The largest absolute Gasteiger partial charge is 0.351 e. The number of carbonyl (C=O) groups excluding carboxylic acids is 1. The van der Waals surface area contributed by atoms with E-state index in [2.05, 4.69) is 54.6 Å². The summed E-state index contributed by atoms with van der Waals surface area (Å²) in [7, 11) is 0. The van der Waals surface area contributed by atoms with Gasteiger partial charge in [0.1, 0.15) is 5.69 Å². The number of benzene rings is 1. The Bertz CT molecular complexity index is 660. The van der Waals surface area contributed by atoms with Crippen molar-refractivity contribution in [1.82, 2.24) is 15.6 Å². The SMILES string of the molecule is CC(C)(C)c1ccc2cc(C(=O)N[C@@H]3CCNC3)[nH]c2c1. The Hall–Kier alpha value is -1.81. The summed E-state index contributed by atoms with van der Waals surface area (Å²) in [6.07, 6.45) is 1.00. The summed E-state index contributed by atoms with van der Waals surface area (Å²) in [4.78, 5) is 15.5. The number of carbonyl (C=O) groups is 1. The molecule has 1 amide bonds. The minimum Gasteiger partial charge on any atom is -0.351 e. The van der Waals surface area contributed by atoms with Crippen LogP contribution in [0.4, 0.5) is 0 Å². The molecule has 1 fully saturated rings. The van der Waals surface area contributed by atoms with Gasteiger partial charge in [0, 0.05) is 23.5 Å². The summed E-state index contributed by atoms with van der Waals surface area (Å²) in [5.41, 5.74) is 3.04. The monoisotopic (exact) mass is 285 g/mol. The van der Waals surface area contributed by atoms with Gasteiger partial charge in [-0.25, -0.2) is 0 Å². The van der Waals surface area contributed by atoms with Crippen molar-refractivity contribution < 1.29 is 4.79 Å². The molecule has 0 radical (unpaired) electrons. The van der Waals surface area contributed by atoms with Crippen molar-refractivity contribution in [1.29, 1.82) is 0 Å². The molecule has 0 unspecified atom stereocenters. The molecule has 0 bridgehead atoms. The van der Waals surface area contributed by atoms with Crippen LogP contribution in [0.3, 0.4) is 0 Å². The first kappa shape index (κ1) is 14.1. The number of aromatic nitrogens is 1. The number of nitrogens with one attached hydrogen (secondary N) is 3. The maximum absolute atomic E-state index is 12.3. The second-order valence-corrected chi connectivity index (χ2v) is 6.90. The third-order valence-electron chi connectivity index (χ3n) is 4.13. The predicted octanol–water partition coefficient (Wildman–Crippen LogP) is 2.56. The molecule has 0 aliphatic carbocycles. The van der Waals surface area contributed by atoms with Crippen LogP contribution >= 0.6 is 0 Å². The van der Waals surface area contributed by atoms with E-state index in [4.69, 9.17) is 0 Å². The Kier molecular flexibility index (Phi) is 3.49. The molecule has 1 aromatic carbocycles. The van der Waals surface area contributed by atoms with Gasteiger partial charge in [-0.3, -0.25) is 4.79 Å². The highest BCUT2D eigenvalue weighted by Crippen LogP contribution is 2.26. The van der Waals surface area contributed by atoms with Crippen LogP contribution in [-0.4, -0.2) is 30.0 Å². The Morgan fingerprint density at radius 1 is 1.29 bits per heavy atom. The van der Waals surface area contributed by atoms with Crippen molar-refractivity contribution in [2.75, 3.05) is 13.1 Å². The summed E-state index contributed by atoms with van der Waals surface area (Å²) in [5, 5.41) is 7.40. The van der Waals surface area contributed by atoms with Gasteiger partial charge in [0.25, 0.3) is 5.91 Å². The standard InChI is InChI=1S/C17H23N3O/c1-17(2,3)12-5-4-11-8-15(20-14(11)9-12)16(21)19-13-6-7-18-10-13/h4-5,8-9,13,18,20H,6-7,10H2,1-3H3,(H,19,21)/t13-/m1/s1. The molecule has 2 heterocycles. The van der Waals surface area contributed by atoms with Crippen LogP contribution in [0, 0.1) is 0 Å². The molecule has 1 aromatic heterocycles. The molecule has 3 rings (SSSR count). The molecule has 2 aromatic rings. The summed E-state index contributed by atoms with van der Waals surface area (Å²) in [6.45, 7) is 8.42. The van der Waals surface area contributed by atoms with Crippen LogP contribution in [0.15, 0.2) is 24.3 Å². The number of hydrogen-bond donors (Lipinski definition) is 3. The normalized spacial score (nSPS) is 19.1. The van der Waals surface area contributed by atoms with E-state index in [-0.39, 0.29) is 17.4 Å². The third-order valence-corrected chi connectivity index (χ3v) is 4.13. The fourth-order valence-electron chi connectivity index (χ4n) is 2.76. The Morgan fingerprint density at radius 3 is 2.76 bits per heavy atom. The van der Waals surface area contributed by atoms with E-state index < -0.39 is 0 Å². The molecule has 0 saturated carbocycles. The van der Waals surface area contributed by atoms with Crippen molar-refractivity contribution in [3.8, 4) is 0 Å². The number of H-pyrrole nitrogens is 1. The molecule has 4 heteroatoms. The topological polar surface area (TPSA) is 56.9 Å². The Balaban J connectivity index is 1.84. The smallest absolute Gasteiger partial charge is 0.267 e. The zero-order valence-corrected chi connectivity index (χ0v) is 12.9. The molecule has 4 nitrogen and oxygen atoms in total. The summed E-state index contributed by atoms with van der Waals surface area (Å²) >= 11 is 0. The first-order chi connectivity index (χ1) is 9.93. The van der Waals surface area contributed by atoms with E-state index in [1.807, 2.05) is 6.07 Å². The quantitative estimate of drug-likeness (QED) is 0.794. The molecule has 112 valence electrons. The lowest BCUT2D eigenvalue weighted by molar-refractivity contribution is 0.0936. The highest BCUT2D eigenvalue weighted by molar-refractivity contribution is 5.98. The highest BCUT2D eigenvalue weighted by Gasteiger charge is 2.19. The molecule has 0 spiro atoms. The van der Waals surface area contributed by atoms with Gasteiger partial charge in [-0.2, -0.15) is 0 Å². The van der Waals surface area contributed by atoms with Crippen LogP contribution in [0.1, 0.15) is 43.2 Å². The molecule has 1 saturated heterocycles. The predicted molar refractivity (Wildman–Crippen MR) is 85.7 cm³/mol. The molecule has 21 heavy (non-hydrogen) atoms. The van der Waals surface area contributed by atoms with Gasteiger partial charge in [-0.1, -0.05) is 32.9 Å². The van der Waals surface area contributed by atoms with Gasteiger partial charge < -0.3 is 15.6 Å². The van der Waals surface area contributed by atoms with Gasteiger partial charge in [-0.15, -0.1) is 0 Å². The second kappa shape index (κ2) is 5.19. The average Bonchev–Trinajstić information content (AvgIpc) is 3.04. The van der Waals surface area contributed by atoms with Gasteiger partial charge in [-0.05, 0) is 36.1 Å². The zero-order valence-electron chi connectivity index (χ0n) is 12.9. The lowest BCUT2D eigenvalue weighted by Crippen LogP contribution is -2.36. The highest BCUT2D eigenvalue weighted by atomic mass is 16.1. The van der Waals surface area contributed by atoms with Gasteiger partial charge in [0.05, 0.1) is 0 Å². The van der Waals surface area contributed by atoms with Crippen molar-refractivity contribution in [2.24, 2.45) is 0 Å². The van der Waals surface area contributed by atoms with Crippen LogP contribution in [0.5, 0.6) is 0 Å². The maximum atomic E-state index is 12.3. The number of hydrogen-bond acceptors (Lipinski definition) is 2.